The van der Waals surface area contributed by atoms with Crippen LogP contribution in [-0.4, -0.2) is 62.7 Å². The third-order valence-corrected chi connectivity index (χ3v) is 3.08. The van der Waals surface area contributed by atoms with Crippen LogP contribution in [0.25, 0.3) is 0 Å². The molecule has 0 saturated carbocycles. The molecule has 0 aliphatic heterocycles. The number of likely N-dealkylation sites (N-methyl/N-ethyl adjacent to an activating group) is 2. The zero-order valence-electron chi connectivity index (χ0n) is 12.9. The third-order valence-electron chi connectivity index (χ3n) is 3.08. The van der Waals surface area contributed by atoms with Crippen molar-refractivity contribution >= 4 is 5.91 Å². The smallest absolute Gasteiger partial charge is 0.354 e. The summed E-state index contributed by atoms with van der Waals surface area (Å²) >= 11 is 0. The Hall–Kier alpha value is -1.60. The van der Waals surface area contributed by atoms with E-state index in [1.54, 1.807) is 13.1 Å². The second-order valence-electron chi connectivity index (χ2n) is 5.26. The Balaban J connectivity index is 2.63. The number of hydrogen-bond donors (Lipinski definition) is 0. The first-order valence-corrected chi connectivity index (χ1v) is 6.83. The summed E-state index contributed by atoms with van der Waals surface area (Å²) in [5, 5.41) is 0. The molecular formula is C15H21F3N2O2. The van der Waals surface area contributed by atoms with Crippen molar-refractivity contribution in [2.75, 3.05) is 40.8 Å². The van der Waals surface area contributed by atoms with Gasteiger partial charge in [0.15, 0.2) is 6.10 Å². The number of halogens is 3. The van der Waals surface area contributed by atoms with Crippen molar-refractivity contribution in [3.05, 3.63) is 35.9 Å². The van der Waals surface area contributed by atoms with Crippen LogP contribution in [0.5, 0.6) is 0 Å². The third kappa shape index (κ3) is 6.03. The van der Waals surface area contributed by atoms with Gasteiger partial charge in [0.05, 0.1) is 0 Å². The molecule has 1 rings (SSSR count). The van der Waals surface area contributed by atoms with Gasteiger partial charge in [-0.1, -0.05) is 30.3 Å². The lowest BCUT2D eigenvalue weighted by Crippen LogP contribution is -2.37. The topological polar surface area (TPSA) is 32.8 Å². The number of alkyl halides is 3. The van der Waals surface area contributed by atoms with E-state index in [4.69, 9.17) is 4.74 Å². The first-order valence-electron chi connectivity index (χ1n) is 6.83. The molecule has 0 fully saturated rings. The lowest BCUT2D eigenvalue weighted by molar-refractivity contribution is -0.224. The number of ether oxygens (including phenoxy) is 1. The maximum absolute atomic E-state index is 13.1. The van der Waals surface area contributed by atoms with Crippen LogP contribution in [0.3, 0.4) is 0 Å². The Labute approximate surface area is 128 Å². The highest BCUT2D eigenvalue weighted by atomic mass is 19.4. The maximum atomic E-state index is 13.1. The Morgan fingerprint density at radius 2 is 1.73 bits per heavy atom. The minimum atomic E-state index is -4.57. The van der Waals surface area contributed by atoms with Gasteiger partial charge in [-0.2, -0.15) is 13.2 Å². The molecule has 0 radical (unpaired) electrons. The van der Waals surface area contributed by atoms with Gasteiger partial charge in [0.25, 0.3) is 0 Å². The molecule has 0 aromatic heterocycles. The van der Waals surface area contributed by atoms with Crippen LogP contribution in [0.2, 0.25) is 0 Å². The van der Waals surface area contributed by atoms with E-state index >= 15 is 0 Å². The van der Waals surface area contributed by atoms with Gasteiger partial charge < -0.3 is 14.5 Å². The van der Waals surface area contributed by atoms with Crippen LogP contribution < -0.4 is 0 Å². The summed E-state index contributed by atoms with van der Waals surface area (Å²) in [5.74, 6) is -0.480. The largest absolute Gasteiger partial charge is 0.418 e. The zero-order chi connectivity index (χ0) is 16.8. The van der Waals surface area contributed by atoms with E-state index in [1.165, 1.54) is 29.2 Å². The molecule has 22 heavy (non-hydrogen) atoms. The van der Waals surface area contributed by atoms with E-state index in [0.717, 1.165) is 0 Å². The number of amides is 1. The van der Waals surface area contributed by atoms with Crippen LogP contribution >= 0.6 is 0 Å². The molecule has 7 heteroatoms. The van der Waals surface area contributed by atoms with Gasteiger partial charge in [-0.15, -0.1) is 0 Å². The molecular weight excluding hydrogens is 297 g/mol. The predicted molar refractivity (Wildman–Crippen MR) is 77.4 cm³/mol. The number of carbonyl (C=O) groups excluding carboxylic acids is 1. The van der Waals surface area contributed by atoms with Gasteiger partial charge in [-0.25, -0.2) is 0 Å². The molecule has 0 aliphatic rings. The maximum Gasteiger partial charge on any atom is 0.418 e. The molecule has 1 atom stereocenters. The van der Waals surface area contributed by atoms with Crippen LogP contribution in [-0.2, 0) is 9.53 Å². The summed E-state index contributed by atoms with van der Waals surface area (Å²) in [6, 6.07) is 7.29. The normalized spacial score (nSPS) is 13.2. The highest BCUT2D eigenvalue weighted by molar-refractivity contribution is 5.77. The average Bonchev–Trinajstić information content (AvgIpc) is 2.44. The van der Waals surface area contributed by atoms with Crippen LogP contribution in [0.4, 0.5) is 13.2 Å². The summed E-state index contributed by atoms with van der Waals surface area (Å²) in [7, 11) is 5.24. The molecule has 0 spiro atoms. The SMILES string of the molecule is CN(C)CCN(C)C(=O)CO[C@H](c1ccccc1)C(F)(F)F. The molecule has 0 N–H and O–H groups in total. The van der Waals surface area contributed by atoms with E-state index < -0.39 is 24.8 Å². The minimum Gasteiger partial charge on any atom is -0.354 e. The van der Waals surface area contributed by atoms with Crippen LogP contribution in [0.1, 0.15) is 11.7 Å². The van der Waals surface area contributed by atoms with E-state index in [9.17, 15) is 18.0 Å². The van der Waals surface area contributed by atoms with Crippen molar-refractivity contribution in [3.63, 3.8) is 0 Å². The van der Waals surface area contributed by atoms with Gasteiger partial charge in [-0.05, 0) is 19.7 Å². The summed E-state index contributed by atoms with van der Waals surface area (Å²) in [6.07, 6.45) is -6.66. The van der Waals surface area contributed by atoms with E-state index in [-0.39, 0.29) is 5.56 Å². The standard InChI is InChI=1S/C15H21F3N2O2/c1-19(2)9-10-20(3)13(21)11-22-14(15(16,17)18)12-7-5-4-6-8-12/h4-8,14H,9-11H2,1-3H3/t14-/m1/s1. The Bertz CT molecular complexity index is 464. The van der Waals surface area contributed by atoms with Crippen molar-refractivity contribution in [3.8, 4) is 0 Å². The monoisotopic (exact) mass is 318 g/mol. The average molecular weight is 318 g/mol. The van der Waals surface area contributed by atoms with Crippen molar-refractivity contribution < 1.29 is 22.7 Å². The Morgan fingerprint density at radius 3 is 2.23 bits per heavy atom. The van der Waals surface area contributed by atoms with Gasteiger partial charge in [-0.3, -0.25) is 4.79 Å². The van der Waals surface area contributed by atoms with E-state index in [2.05, 4.69) is 0 Å². The lowest BCUT2D eigenvalue weighted by atomic mass is 10.1. The molecule has 0 aliphatic carbocycles. The number of nitrogens with zero attached hydrogens (tertiary/aromatic N) is 2. The Morgan fingerprint density at radius 1 is 1.14 bits per heavy atom. The molecule has 1 aromatic carbocycles. The van der Waals surface area contributed by atoms with Crippen LogP contribution in [0, 0.1) is 0 Å². The van der Waals surface area contributed by atoms with Crippen molar-refractivity contribution in [1.82, 2.24) is 9.80 Å². The van der Waals surface area contributed by atoms with Gasteiger partial charge >= 0.3 is 6.18 Å². The summed E-state index contributed by atoms with van der Waals surface area (Å²) in [6.45, 7) is 0.448. The molecule has 0 unspecified atom stereocenters. The van der Waals surface area contributed by atoms with Crippen molar-refractivity contribution in [2.45, 2.75) is 12.3 Å². The Kier molecular flexibility index (Phi) is 6.83. The quantitative estimate of drug-likeness (QED) is 0.773. The molecule has 4 nitrogen and oxygen atoms in total. The summed E-state index contributed by atoms with van der Waals surface area (Å²) < 4.78 is 44.0. The summed E-state index contributed by atoms with van der Waals surface area (Å²) in [5.41, 5.74) is -0.0151. The fourth-order valence-corrected chi connectivity index (χ4v) is 1.75. The van der Waals surface area contributed by atoms with Crippen LogP contribution in [0.15, 0.2) is 30.3 Å². The van der Waals surface area contributed by atoms with Gasteiger partial charge in [0.1, 0.15) is 6.61 Å². The second-order valence-corrected chi connectivity index (χ2v) is 5.26. The minimum absolute atomic E-state index is 0.0151. The van der Waals surface area contributed by atoms with Gasteiger partial charge in [0.2, 0.25) is 5.91 Å². The fraction of sp³-hybridized carbons (Fsp3) is 0.533. The molecule has 1 amide bonds. The first kappa shape index (κ1) is 18.4. The number of hydrogen-bond acceptors (Lipinski definition) is 3. The predicted octanol–water partition coefficient (Wildman–Crippen LogP) is 2.33. The summed E-state index contributed by atoms with van der Waals surface area (Å²) in [4.78, 5) is 15.1. The fourth-order valence-electron chi connectivity index (χ4n) is 1.75. The number of benzene rings is 1. The molecule has 0 heterocycles. The van der Waals surface area contributed by atoms with E-state index in [0.29, 0.717) is 13.1 Å². The van der Waals surface area contributed by atoms with Gasteiger partial charge in [0, 0.05) is 20.1 Å². The van der Waals surface area contributed by atoms with Crippen molar-refractivity contribution in [1.29, 1.82) is 0 Å². The zero-order valence-corrected chi connectivity index (χ0v) is 12.9. The molecule has 0 saturated heterocycles. The van der Waals surface area contributed by atoms with Crippen molar-refractivity contribution in [2.24, 2.45) is 0 Å². The molecule has 124 valence electrons. The highest BCUT2D eigenvalue weighted by Crippen LogP contribution is 2.35. The molecule has 1 aromatic rings. The molecule has 0 bridgehead atoms. The number of carbonyl (C=O) groups is 1. The first-order chi connectivity index (χ1) is 10.2. The highest BCUT2D eigenvalue weighted by Gasteiger charge is 2.42. The number of rotatable bonds is 7. The van der Waals surface area contributed by atoms with E-state index in [1.807, 2.05) is 19.0 Å². The second kappa shape index (κ2) is 8.14. The lowest BCUT2D eigenvalue weighted by Gasteiger charge is -2.23.